The van der Waals surface area contributed by atoms with Crippen LogP contribution < -0.4 is 10.6 Å². The Balaban J connectivity index is 1.78. The summed E-state index contributed by atoms with van der Waals surface area (Å²) in [6, 6.07) is 23.6. The fourth-order valence-corrected chi connectivity index (χ4v) is 5.15. The van der Waals surface area contributed by atoms with Crippen molar-refractivity contribution in [3.63, 3.8) is 0 Å². The van der Waals surface area contributed by atoms with E-state index >= 15 is 0 Å². The van der Waals surface area contributed by atoms with Gasteiger partial charge in [0.2, 0.25) is 5.91 Å². The largest absolute Gasteiger partial charge is 0.354 e. The molecule has 0 bridgehead atoms. The molecule has 2 aliphatic heterocycles. The Kier molecular flexibility index (Phi) is 3.78. The molecule has 1 amide bonds. The molecule has 0 saturated heterocycles. The quantitative estimate of drug-likeness (QED) is 0.556. The lowest BCUT2D eigenvalue weighted by Gasteiger charge is -2.22. The monoisotopic (exact) mass is 390 g/mol. The molecule has 2 aliphatic rings. The van der Waals surface area contributed by atoms with Gasteiger partial charge in [-0.15, -0.1) is 0 Å². The van der Waals surface area contributed by atoms with Gasteiger partial charge in [-0.25, -0.2) is 0 Å². The van der Waals surface area contributed by atoms with Crippen molar-refractivity contribution in [2.75, 3.05) is 10.6 Å². The van der Waals surface area contributed by atoms with Crippen molar-refractivity contribution in [3.05, 3.63) is 95.0 Å². The van der Waals surface area contributed by atoms with Crippen LogP contribution in [0.3, 0.4) is 0 Å². The Morgan fingerprint density at radius 2 is 1.63 bits per heavy atom. The molecule has 3 aromatic rings. The average molecular weight is 391 g/mol. The van der Waals surface area contributed by atoms with Crippen LogP contribution in [-0.4, -0.2) is 5.91 Å². The number of benzene rings is 3. The molecule has 0 aliphatic carbocycles. The van der Waals surface area contributed by atoms with Gasteiger partial charge in [0.05, 0.1) is 5.69 Å². The van der Waals surface area contributed by atoms with Gasteiger partial charge in [-0.2, -0.15) is 0 Å². The highest BCUT2D eigenvalue weighted by atomic mass is 35.5. The molecule has 0 fully saturated rings. The summed E-state index contributed by atoms with van der Waals surface area (Å²) in [5, 5.41) is 7.19. The van der Waals surface area contributed by atoms with Crippen LogP contribution in [0.2, 0.25) is 5.02 Å². The van der Waals surface area contributed by atoms with E-state index in [1.54, 1.807) is 0 Å². The van der Waals surface area contributed by atoms with Gasteiger partial charge in [-0.3, -0.25) is 4.79 Å². The molecule has 3 aromatic carbocycles. The standard InChI is InChI=1S/C22H15ClN2OS/c23-15-10-11-18-20(12-15)27-22(13-19(24-18)14-6-2-1-3-7-14)16-8-4-5-9-17(16)25-21(22)26/h1-13,24H,(H,25,26). The van der Waals surface area contributed by atoms with E-state index in [2.05, 4.69) is 10.6 Å². The van der Waals surface area contributed by atoms with Gasteiger partial charge in [0, 0.05) is 26.9 Å². The number of anilines is 2. The van der Waals surface area contributed by atoms with E-state index in [0.717, 1.165) is 33.1 Å². The lowest BCUT2D eigenvalue weighted by atomic mass is 9.96. The second-order valence-electron chi connectivity index (χ2n) is 6.53. The number of thioether (sulfide) groups is 1. The number of rotatable bonds is 1. The number of nitrogens with one attached hydrogen (secondary N) is 2. The number of carbonyl (C=O) groups is 1. The summed E-state index contributed by atoms with van der Waals surface area (Å²) in [4.78, 5) is 14.1. The minimum absolute atomic E-state index is 0.0447. The summed E-state index contributed by atoms with van der Waals surface area (Å²) in [5.41, 5.74) is 4.68. The Hall–Kier alpha value is -2.69. The number of para-hydroxylation sites is 1. The minimum Gasteiger partial charge on any atom is -0.354 e. The Morgan fingerprint density at radius 1 is 0.852 bits per heavy atom. The van der Waals surface area contributed by atoms with Gasteiger partial charge in [0.25, 0.3) is 0 Å². The van der Waals surface area contributed by atoms with E-state index in [-0.39, 0.29) is 5.91 Å². The molecular weight excluding hydrogens is 376 g/mol. The molecule has 1 unspecified atom stereocenters. The number of fused-ring (bicyclic) bond motifs is 3. The van der Waals surface area contributed by atoms with Crippen molar-refractivity contribution in [3.8, 4) is 0 Å². The van der Waals surface area contributed by atoms with E-state index in [0.29, 0.717) is 5.02 Å². The minimum atomic E-state index is -0.856. The molecule has 132 valence electrons. The summed E-state index contributed by atoms with van der Waals surface area (Å²) in [6.07, 6.45) is 2.03. The fraction of sp³-hybridized carbons (Fsp3) is 0.0455. The van der Waals surface area contributed by atoms with Crippen molar-refractivity contribution < 1.29 is 4.79 Å². The lowest BCUT2D eigenvalue weighted by molar-refractivity contribution is -0.116. The molecule has 2 N–H and O–H groups in total. The van der Waals surface area contributed by atoms with Crippen molar-refractivity contribution in [2.45, 2.75) is 9.64 Å². The van der Waals surface area contributed by atoms with Crippen molar-refractivity contribution in [1.29, 1.82) is 0 Å². The topological polar surface area (TPSA) is 41.1 Å². The van der Waals surface area contributed by atoms with Crippen LogP contribution in [0.5, 0.6) is 0 Å². The number of hydrogen-bond acceptors (Lipinski definition) is 3. The maximum atomic E-state index is 13.2. The summed E-state index contributed by atoms with van der Waals surface area (Å²) < 4.78 is -0.856. The highest BCUT2D eigenvalue weighted by Gasteiger charge is 2.48. The zero-order valence-electron chi connectivity index (χ0n) is 14.2. The molecule has 5 rings (SSSR count). The predicted octanol–water partition coefficient (Wildman–Crippen LogP) is 5.75. The maximum absolute atomic E-state index is 13.2. The van der Waals surface area contributed by atoms with Gasteiger partial charge in [-0.05, 0) is 35.9 Å². The molecule has 5 heteroatoms. The van der Waals surface area contributed by atoms with Crippen LogP contribution in [0, 0.1) is 0 Å². The van der Waals surface area contributed by atoms with E-state index in [1.165, 1.54) is 11.8 Å². The van der Waals surface area contributed by atoms with Crippen molar-refractivity contribution in [2.24, 2.45) is 0 Å². The lowest BCUT2D eigenvalue weighted by Crippen LogP contribution is -2.29. The van der Waals surface area contributed by atoms with Crippen LogP contribution in [0.15, 0.2) is 83.8 Å². The molecule has 0 aromatic heterocycles. The zero-order valence-corrected chi connectivity index (χ0v) is 15.8. The summed E-state index contributed by atoms with van der Waals surface area (Å²) in [6.45, 7) is 0. The smallest absolute Gasteiger partial charge is 0.249 e. The maximum Gasteiger partial charge on any atom is 0.249 e. The molecule has 0 saturated carbocycles. The second-order valence-corrected chi connectivity index (χ2v) is 8.25. The van der Waals surface area contributed by atoms with Crippen LogP contribution in [-0.2, 0) is 9.54 Å². The summed E-state index contributed by atoms with van der Waals surface area (Å²) >= 11 is 7.77. The normalized spacial score (nSPS) is 20.2. The van der Waals surface area contributed by atoms with Crippen molar-refractivity contribution in [1.82, 2.24) is 0 Å². The third-order valence-electron chi connectivity index (χ3n) is 4.83. The fourth-order valence-electron chi connectivity index (χ4n) is 3.54. The van der Waals surface area contributed by atoms with Crippen LogP contribution in [0.4, 0.5) is 11.4 Å². The molecule has 0 radical (unpaired) electrons. The molecule has 2 heterocycles. The number of halogens is 1. The first-order valence-electron chi connectivity index (χ1n) is 8.60. The Labute approximate surface area is 166 Å². The first-order chi connectivity index (χ1) is 13.2. The predicted molar refractivity (Wildman–Crippen MR) is 112 cm³/mol. The SMILES string of the molecule is O=C1Nc2ccccc2C12C=C(c1ccccc1)Nc1ccc(Cl)cc1S2. The highest BCUT2D eigenvalue weighted by molar-refractivity contribution is 8.01. The summed E-state index contributed by atoms with van der Waals surface area (Å²) in [5.74, 6) is -0.0447. The van der Waals surface area contributed by atoms with Gasteiger partial charge >= 0.3 is 0 Å². The molecule has 3 nitrogen and oxygen atoms in total. The Morgan fingerprint density at radius 3 is 2.48 bits per heavy atom. The number of hydrogen-bond donors (Lipinski definition) is 2. The molecule has 1 spiro atoms. The average Bonchev–Trinajstić information content (AvgIpc) is 2.84. The Bertz CT molecular complexity index is 1100. The van der Waals surface area contributed by atoms with Gasteiger partial charge < -0.3 is 10.6 Å². The number of carbonyl (C=O) groups excluding carboxylic acids is 1. The van der Waals surface area contributed by atoms with Crippen LogP contribution >= 0.6 is 23.4 Å². The zero-order chi connectivity index (χ0) is 18.4. The van der Waals surface area contributed by atoms with E-state index in [9.17, 15) is 4.79 Å². The molecule has 1 atom stereocenters. The van der Waals surface area contributed by atoms with Crippen LogP contribution in [0.1, 0.15) is 11.1 Å². The second kappa shape index (κ2) is 6.19. The van der Waals surface area contributed by atoms with E-state index in [1.807, 2.05) is 78.9 Å². The third kappa shape index (κ3) is 2.64. The number of amides is 1. The summed E-state index contributed by atoms with van der Waals surface area (Å²) in [7, 11) is 0. The van der Waals surface area contributed by atoms with Crippen LogP contribution in [0.25, 0.3) is 5.70 Å². The first kappa shape index (κ1) is 16.5. The third-order valence-corrected chi connectivity index (χ3v) is 6.47. The van der Waals surface area contributed by atoms with E-state index < -0.39 is 4.75 Å². The van der Waals surface area contributed by atoms with Crippen molar-refractivity contribution >= 4 is 46.3 Å². The molecule has 27 heavy (non-hydrogen) atoms. The van der Waals surface area contributed by atoms with Gasteiger partial charge in [0.1, 0.15) is 4.75 Å². The van der Waals surface area contributed by atoms with Gasteiger partial charge in [0.15, 0.2) is 0 Å². The highest BCUT2D eigenvalue weighted by Crippen LogP contribution is 2.54. The van der Waals surface area contributed by atoms with Gasteiger partial charge in [-0.1, -0.05) is 71.9 Å². The molecular formula is C22H15ClN2OS. The first-order valence-corrected chi connectivity index (χ1v) is 9.80. The van der Waals surface area contributed by atoms with E-state index in [4.69, 9.17) is 11.6 Å².